The fourth-order valence-corrected chi connectivity index (χ4v) is 2.52. The lowest BCUT2D eigenvalue weighted by Gasteiger charge is -2.10. The fraction of sp³-hybridized carbons (Fsp3) is 0.294. The first-order chi connectivity index (χ1) is 9.42. The predicted octanol–water partition coefficient (Wildman–Crippen LogP) is 3.34. The first-order valence-electron chi connectivity index (χ1n) is 6.89. The van der Waals surface area contributed by atoms with Crippen molar-refractivity contribution in [2.75, 3.05) is 13.1 Å². The van der Waals surface area contributed by atoms with Gasteiger partial charge in [-0.3, -0.25) is 0 Å². The molecule has 2 heteroatoms. The van der Waals surface area contributed by atoms with Crippen LogP contribution >= 0.6 is 0 Å². The Hall–Kier alpha value is -1.80. The highest BCUT2D eigenvalue weighted by Gasteiger charge is 2.15. The molecule has 0 saturated carbocycles. The van der Waals surface area contributed by atoms with Gasteiger partial charge in [0.05, 0.1) is 0 Å². The summed E-state index contributed by atoms with van der Waals surface area (Å²) in [4.78, 5) is 0. The van der Waals surface area contributed by atoms with E-state index in [1.54, 1.807) is 0 Å². The molecule has 1 heterocycles. The van der Waals surface area contributed by atoms with Crippen LogP contribution in [0.4, 0.5) is 0 Å². The average molecular weight is 253 g/mol. The monoisotopic (exact) mass is 253 g/mol. The van der Waals surface area contributed by atoms with Gasteiger partial charge in [-0.25, -0.2) is 0 Å². The Kier molecular flexibility index (Phi) is 3.80. The number of ether oxygens (including phenoxy) is 1. The minimum absolute atomic E-state index is 0.630. The summed E-state index contributed by atoms with van der Waals surface area (Å²) in [7, 11) is 0. The summed E-state index contributed by atoms with van der Waals surface area (Å²) in [6.07, 6.45) is 1.24. The van der Waals surface area contributed by atoms with Gasteiger partial charge in [-0.05, 0) is 42.1 Å². The van der Waals surface area contributed by atoms with Crippen molar-refractivity contribution in [3.05, 3.63) is 65.7 Å². The molecule has 1 atom stereocenters. The molecule has 3 rings (SSSR count). The first-order valence-corrected chi connectivity index (χ1v) is 6.89. The van der Waals surface area contributed by atoms with Crippen molar-refractivity contribution < 1.29 is 4.74 Å². The zero-order valence-corrected chi connectivity index (χ0v) is 11.0. The Morgan fingerprint density at radius 3 is 2.47 bits per heavy atom. The van der Waals surface area contributed by atoms with Gasteiger partial charge >= 0.3 is 0 Å². The molecular weight excluding hydrogens is 234 g/mol. The molecule has 1 saturated heterocycles. The lowest BCUT2D eigenvalue weighted by atomic mass is 9.98. The van der Waals surface area contributed by atoms with E-state index in [-0.39, 0.29) is 0 Å². The van der Waals surface area contributed by atoms with Crippen molar-refractivity contribution in [3.8, 4) is 5.75 Å². The lowest BCUT2D eigenvalue weighted by molar-refractivity contribution is 0.306. The van der Waals surface area contributed by atoms with Gasteiger partial charge in [0.25, 0.3) is 0 Å². The highest BCUT2D eigenvalue weighted by atomic mass is 16.5. The van der Waals surface area contributed by atoms with Crippen LogP contribution in [0, 0.1) is 0 Å². The van der Waals surface area contributed by atoms with Crippen LogP contribution in [-0.2, 0) is 6.61 Å². The summed E-state index contributed by atoms with van der Waals surface area (Å²) in [5.74, 6) is 1.61. The second kappa shape index (κ2) is 5.89. The molecule has 0 aromatic heterocycles. The summed E-state index contributed by atoms with van der Waals surface area (Å²) >= 11 is 0. The molecular formula is C17H19NO. The summed E-state index contributed by atoms with van der Waals surface area (Å²) in [5.41, 5.74) is 2.61. The Morgan fingerprint density at radius 2 is 1.79 bits per heavy atom. The summed E-state index contributed by atoms with van der Waals surface area (Å²) in [5, 5.41) is 3.40. The normalized spacial score (nSPS) is 18.4. The van der Waals surface area contributed by atoms with E-state index < -0.39 is 0 Å². The maximum absolute atomic E-state index is 5.79. The third-order valence-corrected chi connectivity index (χ3v) is 3.66. The van der Waals surface area contributed by atoms with E-state index in [4.69, 9.17) is 4.74 Å². The molecule has 2 nitrogen and oxygen atoms in total. The molecule has 98 valence electrons. The Bertz CT molecular complexity index is 501. The zero-order chi connectivity index (χ0) is 12.9. The van der Waals surface area contributed by atoms with Gasteiger partial charge in [0.2, 0.25) is 0 Å². The van der Waals surface area contributed by atoms with Crippen molar-refractivity contribution in [1.29, 1.82) is 0 Å². The van der Waals surface area contributed by atoms with Crippen LogP contribution in [0.5, 0.6) is 5.75 Å². The largest absolute Gasteiger partial charge is 0.489 e. The third-order valence-electron chi connectivity index (χ3n) is 3.66. The maximum atomic E-state index is 5.79. The van der Waals surface area contributed by atoms with E-state index in [0.29, 0.717) is 12.5 Å². The maximum Gasteiger partial charge on any atom is 0.119 e. The third kappa shape index (κ3) is 3.15. The van der Waals surface area contributed by atoms with Gasteiger partial charge in [-0.2, -0.15) is 0 Å². The highest BCUT2D eigenvalue weighted by molar-refractivity contribution is 5.30. The summed E-state index contributed by atoms with van der Waals surface area (Å²) in [6, 6.07) is 18.8. The van der Waals surface area contributed by atoms with Gasteiger partial charge in [0, 0.05) is 6.54 Å². The quantitative estimate of drug-likeness (QED) is 0.902. The molecule has 0 bridgehead atoms. The average Bonchev–Trinajstić information content (AvgIpc) is 3.01. The standard InChI is InChI=1S/C17H19NO/c1-2-4-14(5-3-1)13-19-17-8-6-15(7-9-17)16-10-11-18-12-16/h1-9,16,18H,10-13H2. The SMILES string of the molecule is c1ccc(COc2ccc(C3CCNC3)cc2)cc1. The molecule has 2 aromatic rings. The van der Waals surface area contributed by atoms with Crippen molar-refractivity contribution in [1.82, 2.24) is 5.32 Å². The van der Waals surface area contributed by atoms with Crippen LogP contribution in [0.3, 0.4) is 0 Å². The Balaban J connectivity index is 1.60. The summed E-state index contributed by atoms with van der Waals surface area (Å²) in [6.45, 7) is 2.87. The van der Waals surface area contributed by atoms with Crippen LogP contribution < -0.4 is 10.1 Å². The van der Waals surface area contributed by atoms with E-state index in [9.17, 15) is 0 Å². The van der Waals surface area contributed by atoms with Crippen LogP contribution in [0.2, 0.25) is 0 Å². The Morgan fingerprint density at radius 1 is 1.00 bits per heavy atom. The van der Waals surface area contributed by atoms with E-state index in [1.807, 2.05) is 18.2 Å². The lowest BCUT2D eigenvalue weighted by Crippen LogP contribution is -2.07. The van der Waals surface area contributed by atoms with Gasteiger partial charge in [-0.15, -0.1) is 0 Å². The van der Waals surface area contributed by atoms with Gasteiger partial charge < -0.3 is 10.1 Å². The number of hydrogen-bond donors (Lipinski definition) is 1. The molecule has 1 fully saturated rings. The second-order valence-electron chi connectivity index (χ2n) is 5.03. The zero-order valence-electron chi connectivity index (χ0n) is 11.0. The molecule has 1 aliphatic rings. The fourth-order valence-electron chi connectivity index (χ4n) is 2.52. The van der Waals surface area contributed by atoms with E-state index >= 15 is 0 Å². The minimum Gasteiger partial charge on any atom is -0.489 e. The van der Waals surface area contributed by atoms with Crippen molar-refractivity contribution >= 4 is 0 Å². The molecule has 0 spiro atoms. The van der Waals surface area contributed by atoms with Crippen LogP contribution in [0.25, 0.3) is 0 Å². The summed E-state index contributed by atoms with van der Waals surface area (Å²) < 4.78 is 5.79. The van der Waals surface area contributed by atoms with Crippen LogP contribution in [0.15, 0.2) is 54.6 Å². The van der Waals surface area contributed by atoms with Crippen molar-refractivity contribution in [2.24, 2.45) is 0 Å². The van der Waals surface area contributed by atoms with Crippen LogP contribution in [-0.4, -0.2) is 13.1 Å². The second-order valence-corrected chi connectivity index (χ2v) is 5.03. The number of rotatable bonds is 4. The molecule has 19 heavy (non-hydrogen) atoms. The molecule has 0 aliphatic carbocycles. The highest BCUT2D eigenvalue weighted by Crippen LogP contribution is 2.24. The topological polar surface area (TPSA) is 21.3 Å². The predicted molar refractivity (Wildman–Crippen MR) is 77.4 cm³/mol. The molecule has 1 N–H and O–H groups in total. The van der Waals surface area contributed by atoms with Crippen molar-refractivity contribution in [2.45, 2.75) is 18.9 Å². The smallest absolute Gasteiger partial charge is 0.119 e. The van der Waals surface area contributed by atoms with E-state index in [0.717, 1.165) is 18.8 Å². The van der Waals surface area contributed by atoms with Gasteiger partial charge in [0.15, 0.2) is 0 Å². The minimum atomic E-state index is 0.630. The number of hydrogen-bond acceptors (Lipinski definition) is 2. The molecule has 0 amide bonds. The van der Waals surface area contributed by atoms with Gasteiger partial charge in [0.1, 0.15) is 12.4 Å². The van der Waals surface area contributed by atoms with E-state index in [1.165, 1.54) is 17.5 Å². The van der Waals surface area contributed by atoms with Gasteiger partial charge in [-0.1, -0.05) is 42.5 Å². The van der Waals surface area contributed by atoms with Crippen LogP contribution in [0.1, 0.15) is 23.5 Å². The Labute approximate surface area is 114 Å². The molecule has 1 aliphatic heterocycles. The number of nitrogens with one attached hydrogen (secondary N) is 1. The molecule has 0 radical (unpaired) electrons. The molecule has 1 unspecified atom stereocenters. The van der Waals surface area contributed by atoms with Crippen molar-refractivity contribution in [3.63, 3.8) is 0 Å². The van der Waals surface area contributed by atoms with E-state index in [2.05, 4.69) is 41.7 Å². The first kappa shape index (κ1) is 12.2. The number of benzene rings is 2. The molecule has 2 aromatic carbocycles.